The van der Waals surface area contributed by atoms with Crippen molar-refractivity contribution in [2.24, 2.45) is 17.3 Å². The van der Waals surface area contributed by atoms with Gasteiger partial charge >= 0.3 is 0 Å². The zero-order valence-electron chi connectivity index (χ0n) is 47.4. The summed E-state index contributed by atoms with van der Waals surface area (Å²) in [5.41, 5.74) is 5.74. The average Bonchev–Trinajstić information content (AvgIpc) is 4.14. The van der Waals surface area contributed by atoms with Gasteiger partial charge in [-0.15, -0.1) is 0 Å². The number of carbonyl (C=O) groups excluding carboxylic acids is 4. The summed E-state index contributed by atoms with van der Waals surface area (Å²) in [6, 6.07) is 29.3. The van der Waals surface area contributed by atoms with E-state index in [9.17, 15) is 28.8 Å². The maximum atomic E-state index is 13.9. The Bertz CT molecular complexity index is 2730. The van der Waals surface area contributed by atoms with Crippen molar-refractivity contribution in [3.05, 3.63) is 130 Å². The first-order chi connectivity index (χ1) is 39.2. The number of fused-ring (bicyclic) bond motifs is 1. The predicted molar refractivity (Wildman–Crippen MR) is 310 cm³/mol. The van der Waals surface area contributed by atoms with Gasteiger partial charge in [-0.3, -0.25) is 19.2 Å². The molecule has 4 amide bonds. The molecule has 7 rings (SSSR count). The molecule has 0 bridgehead atoms. The lowest BCUT2D eigenvalue weighted by Crippen LogP contribution is -2.43. The molecule has 16 nitrogen and oxygen atoms in total. The molecule has 0 aliphatic carbocycles. The highest BCUT2D eigenvalue weighted by Gasteiger charge is 2.41. The number of hydrogen-bond acceptors (Lipinski definition) is 12. The van der Waals surface area contributed by atoms with E-state index in [0.29, 0.717) is 82.5 Å². The Morgan fingerprint density at radius 2 is 1.38 bits per heavy atom. The molecular weight excluding hydrogens is 1060 g/mol. The van der Waals surface area contributed by atoms with E-state index in [-0.39, 0.29) is 67.5 Å². The van der Waals surface area contributed by atoms with Gasteiger partial charge in [-0.25, -0.2) is 4.39 Å². The van der Waals surface area contributed by atoms with Gasteiger partial charge < -0.3 is 54.2 Å². The van der Waals surface area contributed by atoms with Crippen LogP contribution in [0, 0.1) is 34.4 Å². The summed E-state index contributed by atoms with van der Waals surface area (Å²) < 4.78 is 47.8. The Morgan fingerprint density at radius 3 is 2.01 bits per heavy atom. The lowest BCUT2D eigenvalue weighted by atomic mass is 9.78. The normalized spacial score (nSPS) is 19.5. The SMILES string of the molecule is CC(=O)N1c2ccc(-c3ccc(C(=O)NCCOCCOCCOCCOCCOCCNC(=O)[C@@H]4CN(C(=O)/C(C#N)=C/C(C)(C)CC5CCCCOCC5)C[C@H]4c4ccc(F)cc4)cc3)cc2[C@H](Nc2ccc(Cl)cc2)C[C@@H]1C. The van der Waals surface area contributed by atoms with Crippen LogP contribution in [0.5, 0.6) is 0 Å². The monoisotopic (exact) mass is 1130 g/mol. The van der Waals surface area contributed by atoms with Gasteiger partial charge in [-0.05, 0) is 127 Å². The first-order valence-corrected chi connectivity index (χ1v) is 28.8. The van der Waals surface area contributed by atoms with Gasteiger partial charge in [0.05, 0.1) is 78.0 Å². The minimum atomic E-state index is -0.600. The van der Waals surface area contributed by atoms with Gasteiger partial charge in [0.25, 0.3) is 11.8 Å². The fourth-order valence-electron chi connectivity index (χ4n) is 11.0. The number of nitrogens with one attached hydrogen (secondary N) is 3. The van der Waals surface area contributed by atoms with Crippen LogP contribution in [0.25, 0.3) is 11.1 Å². The summed E-state index contributed by atoms with van der Waals surface area (Å²) in [7, 11) is 0. The molecule has 0 spiro atoms. The zero-order valence-corrected chi connectivity index (χ0v) is 48.1. The minimum Gasteiger partial charge on any atom is -0.381 e. The lowest BCUT2D eigenvalue weighted by molar-refractivity contribution is -0.127. The number of carbonyl (C=O) groups is 4. The Balaban J connectivity index is 0.711. The van der Waals surface area contributed by atoms with Crippen molar-refractivity contribution in [2.75, 3.05) is 116 Å². The topological polar surface area (TPSA) is 190 Å². The lowest BCUT2D eigenvalue weighted by Gasteiger charge is -2.39. The van der Waals surface area contributed by atoms with Crippen LogP contribution in [-0.4, -0.2) is 140 Å². The van der Waals surface area contributed by atoms with Crippen LogP contribution in [0.4, 0.5) is 15.8 Å². The maximum Gasteiger partial charge on any atom is 0.264 e. The average molecular weight is 1140 g/mol. The van der Waals surface area contributed by atoms with Crippen molar-refractivity contribution >= 4 is 46.6 Å². The van der Waals surface area contributed by atoms with Gasteiger partial charge in [-0.1, -0.05) is 74.7 Å². The summed E-state index contributed by atoms with van der Waals surface area (Å²) in [4.78, 5) is 56.5. The van der Waals surface area contributed by atoms with Crippen LogP contribution in [0.1, 0.15) is 99.7 Å². The molecule has 0 aromatic heterocycles. The highest BCUT2D eigenvalue weighted by atomic mass is 35.5. The third-order valence-electron chi connectivity index (χ3n) is 15.0. The first kappa shape index (κ1) is 62.4. The summed E-state index contributed by atoms with van der Waals surface area (Å²) in [5.74, 6) is -1.78. The molecule has 1 unspecified atom stereocenters. The fourth-order valence-corrected chi connectivity index (χ4v) is 11.2. The highest BCUT2D eigenvalue weighted by Crippen LogP contribution is 2.42. The van der Waals surface area contributed by atoms with E-state index in [2.05, 4.69) is 48.9 Å². The van der Waals surface area contributed by atoms with Crippen LogP contribution in [-0.2, 0) is 42.8 Å². The maximum absolute atomic E-state index is 13.9. The van der Waals surface area contributed by atoms with Gasteiger partial charge in [0, 0.05) is 80.2 Å². The summed E-state index contributed by atoms with van der Waals surface area (Å²) in [5, 5.41) is 20.3. The molecule has 3 heterocycles. The number of benzene rings is 4. The molecule has 81 heavy (non-hydrogen) atoms. The third kappa shape index (κ3) is 19.2. The van der Waals surface area contributed by atoms with Crippen molar-refractivity contribution in [3.8, 4) is 17.2 Å². The molecule has 4 aromatic rings. The Kier molecular flexibility index (Phi) is 24.5. The molecule has 436 valence electrons. The van der Waals surface area contributed by atoms with E-state index in [1.165, 1.54) is 12.1 Å². The van der Waals surface area contributed by atoms with Crippen molar-refractivity contribution in [1.29, 1.82) is 5.26 Å². The van der Waals surface area contributed by atoms with E-state index < -0.39 is 23.1 Å². The molecule has 5 atom stereocenters. The minimum absolute atomic E-state index is 0.00165. The Morgan fingerprint density at radius 1 is 0.765 bits per heavy atom. The first-order valence-electron chi connectivity index (χ1n) is 28.5. The van der Waals surface area contributed by atoms with Gasteiger partial charge in [-0.2, -0.15) is 5.26 Å². The van der Waals surface area contributed by atoms with Crippen LogP contribution in [0.3, 0.4) is 0 Å². The van der Waals surface area contributed by atoms with E-state index in [0.717, 1.165) is 85.4 Å². The second-order valence-electron chi connectivity index (χ2n) is 21.7. The van der Waals surface area contributed by atoms with Crippen LogP contribution in [0.2, 0.25) is 5.02 Å². The number of ether oxygens (including phenoxy) is 6. The van der Waals surface area contributed by atoms with Crippen LogP contribution < -0.4 is 20.9 Å². The number of rotatable bonds is 28. The number of likely N-dealkylation sites (tertiary alicyclic amines) is 1. The number of nitriles is 1. The summed E-state index contributed by atoms with van der Waals surface area (Å²) >= 11 is 6.13. The smallest absolute Gasteiger partial charge is 0.264 e. The molecule has 3 aliphatic heterocycles. The van der Waals surface area contributed by atoms with Gasteiger partial charge in [0.2, 0.25) is 11.8 Å². The molecule has 4 aromatic carbocycles. The predicted octanol–water partition coefficient (Wildman–Crippen LogP) is 9.69. The Hall–Kier alpha value is -6.23. The van der Waals surface area contributed by atoms with E-state index in [4.69, 9.17) is 40.0 Å². The van der Waals surface area contributed by atoms with E-state index in [1.54, 1.807) is 42.2 Å². The number of allylic oxidation sites excluding steroid dienone is 1. The zero-order chi connectivity index (χ0) is 57.6. The van der Waals surface area contributed by atoms with Gasteiger partial charge in [0.1, 0.15) is 17.5 Å². The fraction of sp³-hybridized carbons (Fsp3) is 0.508. The molecule has 3 N–H and O–H groups in total. The van der Waals surface area contributed by atoms with Crippen LogP contribution in [0.15, 0.2) is 103 Å². The number of anilines is 2. The molecule has 3 aliphatic rings. The molecule has 18 heteroatoms. The van der Waals surface area contributed by atoms with Gasteiger partial charge in [0.15, 0.2) is 0 Å². The quantitative estimate of drug-likeness (QED) is 0.0278. The molecule has 0 radical (unpaired) electrons. The van der Waals surface area contributed by atoms with Crippen LogP contribution >= 0.6 is 11.6 Å². The highest BCUT2D eigenvalue weighted by molar-refractivity contribution is 6.30. The standard InChI is InChI=1S/C63H80ClFN6O10/c1-44-37-58(69-54-19-15-52(64)16-20-54)55-38-50(14-21-59(55)71(44)45(2)72)47-8-10-49(11-9-47)60(73)67-23-27-77-29-31-79-33-35-81-36-34-80-32-30-78-28-24-68-61(74)57-43-70(42-56(57)48-12-17-53(65)18-13-48)62(75)51(41-66)40-63(3,4)39-46-7-5-6-25-76-26-22-46/h8-21,38,40,44,46,56-58,69H,5-7,22-37,39,42-43H2,1-4H3,(H,67,73)(H,68,74)/b51-40+/t44-,46?,56-,57+,58+/m0/s1. The summed E-state index contributed by atoms with van der Waals surface area (Å²) in [6.45, 7) is 13.8. The number of halogens is 2. The number of hydrogen-bond donors (Lipinski definition) is 3. The molecular formula is C63H80ClFN6O10. The second kappa shape index (κ2) is 31.8. The van der Waals surface area contributed by atoms with Crippen molar-refractivity contribution in [3.63, 3.8) is 0 Å². The molecule has 2 fully saturated rings. The van der Waals surface area contributed by atoms with E-state index in [1.807, 2.05) is 53.4 Å². The third-order valence-corrected chi connectivity index (χ3v) is 15.3. The largest absolute Gasteiger partial charge is 0.381 e. The molecule has 2 saturated heterocycles. The molecule has 0 saturated carbocycles. The van der Waals surface area contributed by atoms with Crippen molar-refractivity contribution in [1.82, 2.24) is 15.5 Å². The van der Waals surface area contributed by atoms with E-state index >= 15 is 0 Å². The Labute approximate surface area is 481 Å². The number of nitrogens with zero attached hydrogens (tertiary/aromatic N) is 3. The van der Waals surface area contributed by atoms with Crippen molar-refractivity contribution < 1.29 is 52.0 Å². The number of amides is 4. The van der Waals surface area contributed by atoms with Crippen molar-refractivity contribution in [2.45, 2.75) is 84.2 Å². The second-order valence-corrected chi connectivity index (χ2v) is 22.2. The summed E-state index contributed by atoms with van der Waals surface area (Å²) in [6.07, 6.45) is 7.54.